The molecule has 0 aromatic rings. The zero-order valence-electron chi connectivity index (χ0n) is 5.00. The largest absolute Gasteiger partial charge is 0.394 e. The van der Waals surface area contributed by atoms with Crippen LogP contribution < -0.4 is 0 Å². The van der Waals surface area contributed by atoms with E-state index in [4.69, 9.17) is 14.9 Å². The fraction of sp³-hybridized carbons (Fsp3) is 1.00. The van der Waals surface area contributed by atoms with Crippen LogP contribution in [0.25, 0.3) is 0 Å². The van der Waals surface area contributed by atoms with E-state index in [1.165, 1.54) is 0 Å². The van der Waals surface area contributed by atoms with Gasteiger partial charge in [0.25, 0.3) is 0 Å². The van der Waals surface area contributed by atoms with E-state index in [1.807, 2.05) is 6.92 Å². The lowest BCUT2D eigenvalue weighted by atomic mass is 10.4. The molecule has 0 aromatic heterocycles. The highest BCUT2D eigenvalue weighted by molar-refractivity contribution is 4.47. The number of hydrogen-bond donors (Lipinski definition) is 2. The number of hydrogen-bond acceptors (Lipinski definition) is 3. The lowest BCUT2D eigenvalue weighted by Gasteiger charge is -2.04. The van der Waals surface area contributed by atoms with Crippen molar-refractivity contribution in [1.29, 1.82) is 0 Å². The molecule has 50 valence electrons. The van der Waals surface area contributed by atoms with Crippen LogP contribution >= 0.6 is 0 Å². The Kier molecular flexibility index (Phi) is 4.95. The van der Waals surface area contributed by atoms with E-state index in [-0.39, 0.29) is 13.2 Å². The maximum absolute atomic E-state index is 8.61. The van der Waals surface area contributed by atoms with Crippen LogP contribution in [-0.2, 0) is 4.74 Å². The monoisotopic (exact) mass is 120 g/mol. The van der Waals surface area contributed by atoms with E-state index >= 15 is 0 Å². The van der Waals surface area contributed by atoms with Gasteiger partial charge in [0.15, 0.2) is 0 Å². The molecule has 0 aliphatic carbocycles. The maximum Gasteiger partial charge on any atom is 0.100 e. The Morgan fingerprint density at radius 1 is 1.62 bits per heavy atom. The third-order valence-electron chi connectivity index (χ3n) is 0.725. The minimum atomic E-state index is -0.713. The Morgan fingerprint density at radius 2 is 2.25 bits per heavy atom. The van der Waals surface area contributed by atoms with Crippen molar-refractivity contribution in [2.45, 2.75) is 13.0 Å². The Morgan fingerprint density at radius 3 is 2.62 bits per heavy atom. The van der Waals surface area contributed by atoms with Gasteiger partial charge in [0.1, 0.15) is 6.10 Å². The van der Waals surface area contributed by atoms with Gasteiger partial charge in [-0.25, -0.2) is 0 Å². The Labute approximate surface area is 48.9 Å². The minimum Gasteiger partial charge on any atom is -0.394 e. The van der Waals surface area contributed by atoms with Gasteiger partial charge >= 0.3 is 0 Å². The molecule has 0 unspecified atom stereocenters. The van der Waals surface area contributed by atoms with Crippen LogP contribution in [0, 0.1) is 0 Å². The number of rotatable bonds is 4. The second kappa shape index (κ2) is 5.03. The van der Waals surface area contributed by atoms with Gasteiger partial charge in [0.05, 0.1) is 13.2 Å². The van der Waals surface area contributed by atoms with E-state index in [0.717, 1.165) is 0 Å². The standard InChI is InChI=1S/C5H12O3/c1-2-8-4-5(7)3-6/h5-7H,2-4H2,1H3/t5-/m0/s1. The van der Waals surface area contributed by atoms with Gasteiger partial charge in [-0.15, -0.1) is 0 Å². The molecular formula is C5H12O3. The van der Waals surface area contributed by atoms with E-state index in [9.17, 15) is 0 Å². The summed E-state index contributed by atoms with van der Waals surface area (Å²) in [6.45, 7) is 2.42. The van der Waals surface area contributed by atoms with Crippen LogP contribution in [0.4, 0.5) is 0 Å². The molecule has 0 bridgehead atoms. The predicted octanol–water partition coefficient (Wildman–Crippen LogP) is -0.624. The number of ether oxygens (including phenoxy) is 1. The first kappa shape index (κ1) is 7.88. The SMILES string of the molecule is CCOC[C@@H](O)CO. The number of aliphatic hydroxyl groups is 2. The van der Waals surface area contributed by atoms with Gasteiger partial charge in [0.2, 0.25) is 0 Å². The van der Waals surface area contributed by atoms with Crippen molar-refractivity contribution in [2.75, 3.05) is 19.8 Å². The lowest BCUT2D eigenvalue weighted by molar-refractivity contribution is 0.0104. The minimum absolute atomic E-state index is 0.222. The molecule has 0 aliphatic rings. The molecule has 3 heteroatoms. The maximum atomic E-state index is 8.61. The summed E-state index contributed by atoms with van der Waals surface area (Å²) in [5, 5.41) is 16.8. The molecule has 0 fully saturated rings. The summed E-state index contributed by atoms with van der Waals surface area (Å²) < 4.78 is 4.78. The zero-order valence-corrected chi connectivity index (χ0v) is 5.00. The lowest BCUT2D eigenvalue weighted by Crippen LogP contribution is -2.19. The van der Waals surface area contributed by atoms with Crippen molar-refractivity contribution in [2.24, 2.45) is 0 Å². The zero-order chi connectivity index (χ0) is 6.41. The molecule has 0 radical (unpaired) electrons. The molecule has 0 saturated heterocycles. The molecule has 0 heterocycles. The van der Waals surface area contributed by atoms with Crippen molar-refractivity contribution in [3.63, 3.8) is 0 Å². The van der Waals surface area contributed by atoms with Crippen LogP contribution in [0.15, 0.2) is 0 Å². The van der Waals surface area contributed by atoms with Crippen molar-refractivity contribution >= 4 is 0 Å². The molecule has 0 aliphatic heterocycles. The first-order valence-corrected chi connectivity index (χ1v) is 2.68. The third kappa shape index (κ3) is 4.05. The molecule has 1 atom stereocenters. The van der Waals surface area contributed by atoms with Crippen LogP contribution in [-0.4, -0.2) is 36.1 Å². The second-order valence-electron chi connectivity index (χ2n) is 1.50. The van der Waals surface area contributed by atoms with Gasteiger partial charge in [0, 0.05) is 6.61 Å². The average Bonchev–Trinajstić information content (AvgIpc) is 1.83. The number of aliphatic hydroxyl groups excluding tert-OH is 2. The Bertz CT molecular complexity index is 46.9. The van der Waals surface area contributed by atoms with E-state index in [0.29, 0.717) is 6.61 Å². The van der Waals surface area contributed by atoms with Gasteiger partial charge in [-0.3, -0.25) is 0 Å². The topological polar surface area (TPSA) is 49.7 Å². The summed E-state index contributed by atoms with van der Waals surface area (Å²) in [6.07, 6.45) is -0.713. The highest BCUT2D eigenvalue weighted by Gasteiger charge is 1.98. The normalized spacial score (nSPS) is 13.9. The Balaban J connectivity index is 2.86. The molecule has 3 nitrogen and oxygen atoms in total. The van der Waals surface area contributed by atoms with Gasteiger partial charge in [-0.1, -0.05) is 0 Å². The summed E-state index contributed by atoms with van der Waals surface area (Å²) >= 11 is 0. The van der Waals surface area contributed by atoms with Crippen LogP contribution in [0.5, 0.6) is 0 Å². The molecule has 0 rings (SSSR count). The second-order valence-corrected chi connectivity index (χ2v) is 1.50. The summed E-state index contributed by atoms with van der Waals surface area (Å²) in [7, 11) is 0. The van der Waals surface area contributed by atoms with Gasteiger partial charge < -0.3 is 14.9 Å². The first-order chi connectivity index (χ1) is 3.81. The van der Waals surface area contributed by atoms with E-state index in [2.05, 4.69) is 0 Å². The molecular weight excluding hydrogens is 108 g/mol. The predicted molar refractivity (Wildman–Crippen MR) is 29.6 cm³/mol. The summed E-state index contributed by atoms with van der Waals surface area (Å²) in [6, 6.07) is 0. The van der Waals surface area contributed by atoms with Gasteiger partial charge in [-0.2, -0.15) is 0 Å². The fourth-order valence-corrected chi connectivity index (χ4v) is 0.307. The summed E-state index contributed by atoms with van der Waals surface area (Å²) in [5.41, 5.74) is 0. The molecule has 0 amide bonds. The highest BCUT2D eigenvalue weighted by atomic mass is 16.5. The molecule has 0 aromatic carbocycles. The van der Waals surface area contributed by atoms with Crippen molar-refractivity contribution in [1.82, 2.24) is 0 Å². The Hall–Kier alpha value is -0.120. The fourth-order valence-electron chi connectivity index (χ4n) is 0.307. The van der Waals surface area contributed by atoms with Crippen LogP contribution in [0.1, 0.15) is 6.92 Å². The van der Waals surface area contributed by atoms with E-state index in [1.54, 1.807) is 0 Å². The quantitative estimate of drug-likeness (QED) is 0.519. The molecule has 0 spiro atoms. The highest BCUT2D eigenvalue weighted by Crippen LogP contribution is 1.81. The average molecular weight is 120 g/mol. The molecule has 2 N–H and O–H groups in total. The first-order valence-electron chi connectivity index (χ1n) is 2.68. The smallest absolute Gasteiger partial charge is 0.100 e. The van der Waals surface area contributed by atoms with Gasteiger partial charge in [-0.05, 0) is 6.92 Å². The van der Waals surface area contributed by atoms with Crippen molar-refractivity contribution in [3.05, 3.63) is 0 Å². The molecule has 0 saturated carbocycles. The van der Waals surface area contributed by atoms with E-state index < -0.39 is 6.10 Å². The van der Waals surface area contributed by atoms with Crippen molar-refractivity contribution in [3.8, 4) is 0 Å². The summed E-state index contributed by atoms with van der Waals surface area (Å²) in [5.74, 6) is 0. The van der Waals surface area contributed by atoms with Crippen LogP contribution in [0.2, 0.25) is 0 Å². The summed E-state index contributed by atoms with van der Waals surface area (Å²) in [4.78, 5) is 0. The van der Waals surface area contributed by atoms with Crippen molar-refractivity contribution < 1.29 is 14.9 Å². The third-order valence-corrected chi connectivity index (χ3v) is 0.725. The molecule has 8 heavy (non-hydrogen) atoms. The van der Waals surface area contributed by atoms with Crippen LogP contribution in [0.3, 0.4) is 0 Å².